The largest absolute Gasteiger partial charge is 0.300 e. The minimum Gasteiger partial charge on any atom is -0.300 e. The number of likely N-dealkylation sites (tertiary alicyclic amines) is 1. The third-order valence-corrected chi connectivity index (χ3v) is 5.61. The number of hydrogen-bond donors (Lipinski definition) is 1. The average Bonchev–Trinajstić information content (AvgIpc) is 2.96. The maximum atomic E-state index is 12.2. The molecule has 24 heavy (non-hydrogen) atoms. The number of anilines is 1. The molecule has 0 unspecified atom stereocenters. The van der Waals surface area contributed by atoms with Gasteiger partial charge in [-0.15, -0.1) is 10.2 Å². The van der Waals surface area contributed by atoms with Crippen LogP contribution >= 0.6 is 11.3 Å². The molecular formula is C15H20N6O2S. The van der Waals surface area contributed by atoms with Crippen LogP contribution in [-0.4, -0.2) is 44.4 Å². The van der Waals surface area contributed by atoms with E-state index in [0.29, 0.717) is 24.0 Å². The van der Waals surface area contributed by atoms with Gasteiger partial charge in [-0.2, -0.15) is 0 Å². The number of carbonyl (C=O) groups excluding carboxylic acids is 1. The van der Waals surface area contributed by atoms with Gasteiger partial charge in [0.1, 0.15) is 16.4 Å². The zero-order valence-corrected chi connectivity index (χ0v) is 14.4. The number of amides is 1. The lowest BCUT2D eigenvalue weighted by Gasteiger charge is -2.22. The van der Waals surface area contributed by atoms with E-state index in [1.54, 1.807) is 0 Å². The van der Waals surface area contributed by atoms with Crippen molar-refractivity contribution in [3.05, 3.63) is 16.4 Å². The van der Waals surface area contributed by atoms with E-state index in [0.717, 1.165) is 35.8 Å². The van der Waals surface area contributed by atoms with E-state index in [2.05, 4.69) is 30.7 Å². The Labute approximate surface area is 143 Å². The van der Waals surface area contributed by atoms with Crippen molar-refractivity contribution in [3.63, 3.8) is 0 Å². The first-order valence-corrected chi connectivity index (χ1v) is 9.18. The molecule has 1 atom stereocenters. The maximum Gasteiger partial charge on any atom is 0.227 e. The summed E-state index contributed by atoms with van der Waals surface area (Å²) >= 11 is 1.49. The number of hydrogen-bond acceptors (Lipinski definition) is 8. The summed E-state index contributed by atoms with van der Waals surface area (Å²) in [6.45, 7) is 3.56. The van der Waals surface area contributed by atoms with E-state index in [9.17, 15) is 4.79 Å². The molecule has 1 N–H and O–H groups in total. The van der Waals surface area contributed by atoms with Crippen molar-refractivity contribution in [1.82, 2.24) is 25.4 Å². The Hall–Kier alpha value is -1.87. The van der Waals surface area contributed by atoms with Crippen molar-refractivity contribution in [3.8, 4) is 0 Å². The normalized spacial score (nSPS) is 21.3. The molecule has 1 saturated heterocycles. The monoisotopic (exact) mass is 348 g/mol. The summed E-state index contributed by atoms with van der Waals surface area (Å²) in [5.41, 5.74) is 1.73. The lowest BCUT2D eigenvalue weighted by atomic mass is 10.1. The molecule has 9 heteroatoms. The Morgan fingerprint density at radius 2 is 2.21 bits per heavy atom. The van der Waals surface area contributed by atoms with Crippen molar-refractivity contribution in [2.45, 2.75) is 51.0 Å². The Morgan fingerprint density at radius 3 is 2.96 bits per heavy atom. The van der Waals surface area contributed by atoms with Crippen LogP contribution in [0, 0.1) is 6.92 Å². The summed E-state index contributed by atoms with van der Waals surface area (Å²) in [7, 11) is 0. The van der Waals surface area contributed by atoms with Gasteiger partial charge in [0.05, 0.1) is 6.04 Å². The smallest absolute Gasteiger partial charge is 0.227 e. The topological polar surface area (TPSA) is 97.0 Å². The van der Waals surface area contributed by atoms with Crippen LogP contribution in [-0.2, 0) is 4.79 Å². The van der Waals surface area contributed by atoms with Crippen LogP contribution in [0.25, 0.3) is 0 Å². The first-order valence-electron chi connectivity index (χ1n) is 8.37. The lowest BCUT2D eigenvalue weighted by molar-refractivity contribution is -0.116. The van der Waals surface area contributed by atoms with Gasteiger partial charge in [-0.05, 0) is 39.2 Å². The molecule has 8 nitrogen and oxygen atoms in total. The summed E-state index contributed by atoms with van der Waals surface area (Å²) in [6.07, 6.45) is 4.93. The highest BCUT2D eigenvalue weighted by molar-refractivity contribution is 7.15. The summed E-state index contributed by atoms with van der Waals surface area (Å²) < 4.78 is 4.82. The Bertz CT molecular complexity index is 725. The van der Waals surface area contributed by atoms with Crippen molar-refractivity contribution in [1.29, 1.82) is 0 Å². The highest BCUT2D eigenvalue weighted by atomic mass is 32.1. The quantitative estimate of drug-likeness (QED) is 0.855. The molecule has 4 rings (SSSR count). The van der Waals surface area contributed by atoms with Gasteiger partial charge in [-0.3, -0.25) is 9.69 Å². The van der Waals surface area contributed by atoms with Gasteiger partial charge in [-0.1, -0.05) is 21.7 Å². The minimum atomic E-state index is -0.0193. The van der Waals surface area contributed by atoms with Crippen molar-refractivity contribution < 1.29 is 9.42 Å². The number of rotatable bonds is 6. The molecule has 3 heterocycles. The van der Waals surface area contributed by atoms with Crippen molar-refractivity contribution in [2.24, 2.45) is 0 Å². The van der Waals surface area contributed by atoms with Crippen LogP contribution in [0.3, 0.4) is 0 Å². The molecule has 1 aliphatic heterocycles. The van der Waals surface area contributed by atoms with E-state index in [1.807, 2.05) is 6.92 Å². The lowest BCUT2D eigenvalue weighted by Crippen LogP contribution is -2.28. The van der Waals surface area contributed by atoms with E-state index in [4.69, 9.17) is 4.63 Å². The molecular weight excluding hydrogens is 328 g/mol. The molecule has 0 aromatic carbocycles. The fourth-order valence-corrected chi connectivity index (χ4v) is 4.08. The minimum absolute atomic E-state index is 0.0193. The second-order valence-electron chi connectivity index (χ2n) is 6.45. The van der Waals surface area contributed by atoms with E-state index >= 15 is 0 Å². The fraction of sp³-hybridized carbons (Fsp3) is 0.667. The average molecular weight is 348 g/mol. The van der Waals surface area contributed by atoms with Gasteiger partial charge in [0, 0.05) is 18.9 Å². The Kier molecular flexibility index (Phi) is 4.28. The van der Waals surface area contributed by atoms with Crippen LogP contribution in [0.5, 0.6) is 0 Å². The highest BCUT2D eigenvalue weighted by Gasteiger charge is 2.30. The summed E-state index contributed by atoms with van der Waals surface area (Å²) in [6, 6.07) is 0.201. The van der Waals surface area contributed by atoms with E-state index in [1.165, 1.54) is 24.2 Å². The second-order valence-corrected chi connectivity index (χ2v) is 7.46. The molecule has 2 aromatic heterocycles. The van der Waals surface area contributed by atoms with Gasteiger partial charge in [0.25, 0.3) is 0 Å². The van der Waals surface area contributed by atoms with Crippen LogP contribution in [0.1, 0.15) is 60.5 Å². The number of nitrogens with zero attached hydrogens (tertiary/aromatic N) is 5. The predicted molar refractivity (Wildman–Crippen MR) is 87.7 cm³/mol. The third kappa shape index (κ3) is 3.32. The highest BCUT2D eigenvalue weighted by Crippen LogP contribution is 2.42. The molecule has 2 fully saturated rings. The van der Waals surface area contributed by atoms with Gasteiger partial charge in [0.15, 0.2) is 0 Å². The van der Waals surface area contributed by atoms with Gasteiger partial charge in [-0.25, -0.2) is 4.63 Å². The Morgan fingerprint density at radius 1 is 1.33 bits per heavy atom. The standard InChI is InChI=1S/C15H20N6O2S/c1-9-13(20-23-19-9)11-3-2-7-21(11)8-6-12(22)16-15-18-17-14(24-15)10-4-5-10/h10-11H,2-8H2,1H3,(H,16,18,22)/t11-/m1/s1. The number of aromatic nitrogens is 4. The zero-order valence-electron chi connectivity index (χ0n) is 13.6. The number of nitrogens with one attached hydrogen (secondary N) is 1. The third-order valence-electron chi connectivity index (χ3n) is 4.61. The molecule has 1 saturated carbocycles. The van der Waals surface area contributed by atoms with Crippen molar-refractivity contribution in [2.75, 3.05) is 18.4 Å². The zero-order chi connectivity index (χ0) is 16.5. The van der Waals surface area contributed by atoms with E-state index in [-0.39, 0.29) is 11.9 Å². The summed E-state index contributed by atoms with van der Waals surface area (Å²) in [5.74, 6) is 0.548. The van der Waals surface area contributed by atoms with Crippen LogP contribution in [0.4, 0.5) is 5.13 Å². The summed E-state index contributed by atoms with van der Waals surface area (Å²) in [4.78, 5) is 14.5. The van der Waals surface area contributed by atoms with Crippen LogP contribution in [0.2, 0.25) is 0 Å². The van der Waals surface area contributed by atoms with Gasteiger partial charge >= 0.3 is 0 Å². The molecule has 1 aliphatic carbocycles. The van der Waals surface area contributed by atoms with E-state index < -0.39 is 0 Å². The Balaban J connectivity index is 1.30. The molecule has 0 bridgehead atoms. The van der Waals surface area contributed by atoms with Crippen molar-refractivity contribution >= 4 is 22.4 Å². The van der Waals surface area contributed by atoms with Crippen LogP contribution < -0.4 is 5.32 Å². The number of aryl methyl sites for hydroxylation is 1. The molecule has 128 valence electrons. The first kappa shape index (κ1) is 15.6. The molecule has 2 aromatic rings. The van der Waals surface area contributed by atoms with Gasteiger partial charge in [0.2, 0.25) is 11.0 Å². The fourth-order valence-electron chi connectivity index (χ4n) is 3.15. The predicted octanol–water partition coefficient (Wildman–Crippen LogP) is 2.27. The molecule has 0 spiro atoms. The number of carbonyl (C=O) groups is 1. The van der Waals surface area contributed by atoms with Crippen LogP contribution in [0.15, 0.2) is 4.63 Å². The molecule has 1 amide bonds. The maximum absolute atomic E-state index is 12.2. The molecule has 0 radical (unpaired) electrons. The SMILES string of the molecule is Cc1nonc1[C@H]1CCCN1CCC(=O)Nc1nnc(C2CC2)s1. The second kappa shape index (κ2) is 6.56. The first-order chi connectivity index (χ1) is 11.7. The molecule has 2 aliphatic rings. The summed E-state index contributed by atoms with van der Waals surface area (Å²) in [5, 5.41) is 20.6. The van der Waals surface area contributed by atoms with Gasteiger partial charge < -0.3 is 5.32 Å².